The standard InChI is InChI=1S/C12H17NO3S2/c1-10(17-2)12(14)13-18(15,16)9-8-11-6-4-3-5-7-11/h3-7,10H,8-9H2,1-2H3,(H,13,14)/t10-/m1/s1. The molecule has 100 valence electrons. The molecule has 0 heterocycles. The van der Waals surface area contributed by atoms with Gasteiger partial charge in [0.1, 0.15) is 0 Å². The molecule has 0 aromatic heterocycles. The molecule has 0 unspecified atom stereocenters. The number of thioether (sulfide) groups is 1. The molecule has 4 nitrogen and oxygen atoms in total. The minimum absolute atomic E-state index is 0.0795. The summed E-state index contributed by atoms with van der Waals surface area (Å²) in [7, 11) is -3.55. The molecule has 0 fully saturated rings. The van der Waals surface area contributed by atoms with E-state index in [4.69, 9.17) is 0 Å². The Morgan fingerprint density at radius 2 is 1.94 bits per heavy atom. The number of rotatable bonds is 6. The van der Waals surface area contributed by atoms with Gasteiger partial charge in [0, 0.05) is 0 Å². The van der Waals surface area contributed by atoms with E-state index < -0.39 is 15.9 Å². The predicted octanol–water partition coefficient (Wildman–Crippen LogP) is 1.43. The third-order valence-electron chi connectivity index (χ3n) is 2.48. The highest BCUT2D eigenvalue weighted by Gasteiger charge is 2.18. The number of benzene rings is 1. The number of carbonyl (C=O) groups excluding carboxylic acids is 1. The van der Waals surface area contributed by atoms with E-state index in [1.165, 1.54) is 11.8 Å². The summed E-state index contributed by atoms with van der Waals surface area (Å²) in [5.41, 5.74) is 0.938. The molecule has 0 aliphatic rings. The SMILES string of the molecule is CS[C@H](C)C(=O)NS(=O)(=O)CCc1ccccc1. The topological polar surface area (TPSA) is 63.2 Å². The second-order valence-corrected chi connectivity index (χ2v) is 6.92. The van der Waals surface area contributed by atoms with Gasteiger partial charge in [0.05, 0.1) is 11.0 Å². The first-order valence-corrected chi connectivity index (χ1v) is 8.49. The molecule has 1 aromatic rings. The van der Waals surface area contributed by atoms with Crippen molar-refractivity contribution in [1.82, 2.24) is 4.72 Å². The lowest BCUT2D eigenvalue weighted by Gasteiger charge is -2.10. The van der Waals surface area contributed by atoms with Crippen molar-refractivity contribution in [3.8, 4) is 0 Å². The molecule has 0 aliphatic heterocycles. The number of aryl methyl sites for hydroxylation is 1. The van der Waals surface area contributed by atoms with Crippen molar-refractivity contribution in [3.05, 3.63) is 35.9 Å². The van der Waals surface area contributed by atoms with Crippen LogP contribution in [0.2, 0.25) is 0 Å². The highest BCUT2D eigenvalue weighted by molar-refractivity contribution is 8.00. The van der Waals surface area contributed by atoms with Gasteiger partial charge in [-0.2, -0.15) is 11.8 Å². The van der Waals surface area contributed by atoms with E-state index in [0.29, 0.717) is 6.42 Å². The average Bonchev–Trinajstić information content (AvgIpc) is 2.36. The van der Waals surface area contributed by atoms with Crippen LogP contribution in [0.3, 0.4) is 0 Å². The van der Waals surface area contributed by atoms with Crippen LogP contribution in [0.15, 0.2) is 30.3 Å². The Hall–Kier alpha value is -1.01. The molecular formula is C12H17NO3S2. The maximum absolute atomic E-state index is 11.7. The zero-order chi connectivity index (χ0) is 13.6. The quantitative estimate of drug-likeness (QED) is 0.859. The Morgan fingerprint density at radius 1 is 1.33 bits per heavy atom. The second kappa shape index (κ2) is 6.80. The lowest BCUT2D eigenvalue weighted by molar-refractivity contribution is -0.118. The smallest absolute Gasteiger partial charge is 0.246 e. The molecular weight excluding hydrogens is 270 g/mol. The van der Waals surface area contributed by atoms with E-state index in [-0.39, 0.29) is 11.0 Å². The van der Waals surface area contributed by atoms with Gasteiger partial charge in [-0.05, 0) is 25.2 Å². The monoisotopic (exact) mass is 287 g/mol. The molecule has 0 aliphatic carbocycles. The van der Waals surface area contributed by atoms with Gasteiger partial charge in [-0.15, -0.1) is 0 Å². The summed E-state index contributed by atoms with van der Waals surface area (Å²) in [6.45, 7) is 1.67. The van der Waals surface area contributed by atoms with Gasteiger partial charge in [-0.1, -0.05) is 30.3 Å². The van der Waals surface area contributed by atoms with Crippen LogP contribution in [-0.2, 0) is 21.2 Å². The van der Waals surface area contributed by atoms with Gasteiger partial charge in [-0.25, -0.2) is 8.42 Å². The molecule has 1 N–H and O–H groups in total. The highest BCUT2D eigenvalue weighted by Crippen LogP contribution is 2.06. The van der Waals surface area contributed by atoms with Crippen LogP contribution in [-0.4, -0.2) is 31.6 Å². The first-order chi connectivity index (χ1) is 8.44. The first kappa shape index (κ1) is 15.0. The minimum atomic E-state index is -3.55. The number of carbonyl (C=O) groups is 1. The van der Waals surface area contributed by atoms with Crippen molar-refractivity contribution in [1.29, 1.82) is 0 Å². The summed E-state index contributed by atoms with van der Waals surface area (Å²) >= 11 is 1.31. The van der Waals surface area contributed by atoms with Crippen molar-refractivity contribution in [2.75, 3.05) is 12.0 Å². The van der Waals surface area contributed by atoms with E-state index in [1.54, 1.807) is 13.2 Å². The van der Waals surface area contributed by atoms with E-state index >= 15 is 0 Å². The van der Waals surface area contributed by atoms with Crippen LogP contribution < -0.4 is 4.72 Å². The van der Waals surface area contributed by atoms with Gasteiger partial charge in [0.25, 0.3) is 0 Å². The van der Waals surface area contributed by atoms with Crippen molar-refractivity contribution < 1.29 is 13.2 Å². The predicted molar refractivity (Wildman–Crippen MR) is 75.1 cm³/mol. The van der Waals surface area contributed by atoms with Gasteiger partial charge in [0.2, 0.25) is 15.9 Å². The zero-order valence-corrected chi connectivity index (χ0v) is 12.1. The maximum Gasteiger partial charge on any atom is 0.246 e. The van der Waals surface area contributed by atoms with Gasteiger partial charge in [0.15, 0.2) is 0 Å². The molecule has 1 amide bonds. The number of amides is 1. The zero-order valence-electron chi connectivity index (χ0n) is 10.4. The fourth-order valence-corrected chi connectivity index (χ4v) is 2.73. The van der Waals surface area contributed by atoms with Gasteiger partial charge >= 0.3 is 0 Å². The maximum atomic E-state index is 11.7. The Balaban J connectivity index is 2.53. The van der Waals surface area contributed by atoms with Crippen molar-refractivity contribution >= 4 is 27.7 Å². The molecule has 0 spiro atoms. The highest BCUT2D eigenvalue weighted by atomic mass is 32.2. The Bertz CT molecular complexity index is 485. The van der Waals surface area contributed by atoms with Crippen molar-refractivity contribution in [2.45, 2.75) is 18.6 Å². The summed E-state index contributed by atoms with van der Waals surface area (Å²) in [6, 6.07) is 9.32. The average molecular weight is 287 g/mol. The number of sulfonamides is 1. The largest absolute Gasteiger partial charge is 0.273 e. The molecule has 18 heavy (non-hydrogen) atoms. The van der Waals surface area contributed by atoms with E-state index in [2.05, 4.69) is 4.72 Å². The number of hydrogen-bond acceptors (Lipinski definition) is 4. The molecule has 1 aromatic carbocycles. The van der Waals surface area contributed by atoms with E-state index in [9.17, 15) is 13.2 Å². The van der Waals surface area contributed by atoms with Crippen LogP contribution in [0.5, 0.6) is 0 Å². The fourth-order valence-electron chi connectivity index (χ4n) is 1.29. The number of hydrogen-bond donors (Lipinski definition) is 1. The van der Waals surface area contributed by atoms with Crippen molar-refractivity contribution in [3.63, 3.8) is 0 Å². The van der Waals surface area contributed by atoms with E-state index in [1.807, 2.05) is 30.3 Å². The third kappa shape index (κ3) is 5.10. The molecule has 1 atom stereocenters. The lowest BCUT2D eigenvalue weighted by Crippen LogP contribution is -2.37. The van der Waals surface area contributed by atoms with Crippen LogP contribution in [0.4, 0.5) is 0 Å². The van der Waals surface area contributed by atoms with Crippen LogP contribution in [0, 0.1) is 0 Å². The van der Waals surface area contributed by atoms with Gasteiger partial charge in [-0.3, -0.25) is 9.52 Å². The van der Waals surface area contributed by atoms with E-state index in [0.717, 1.165) is 5.56 Å². The normalized spacial score (nSPS) is 13.0. The summed E-state index contributed by atoms with van der Waals surface area (Å²) < 4.78 is 25.5. The first-order valence-electron chi connectivity index (χ1n) is 5.55. The Morgan fingerprint density at radius 3 is 2.50 bits per heavy atom. The fraction of sp³-hybridized carbons (Fsp3) is 0.417. The molecule has 6 heteroatoms. The minimum Gasteiger partial charge on any atom is -0.273 e. The van der Waals surface area contributed by atoms with Crippen LogP contribution >= 0.6 is 11.8 Å². The molecule has 0 bridgehead atoms. The van der Waals surface area contributed by atoms with Crippen LogP contribution in [0.1, 0.15) is 12.5 Å². The molecule has 1 rings (SSSR count). The summed E-state index contributed by atoms with van der Waals surface area (Å²) in [6.07, 6.45) is 2.16. The lowest BCUT2D eigenvalue weighted by atomic mass is 10.2. The Kier molecular flexibility index (Phi) is 5.68. The van der Waals surface area contributed by atoms with Crippen molar-refractivity contribution in [2.24, 2.45) is 0 Å². The summed E-state index contributed by atoms with van der Waals surface area (Å²) in [5.74, 6) is -0.542. The summed E-state index contributed by atoms with van der Waals surface area (Å²) in [4.78, 5) is 11.5. The second-order valence-electron chi connectivity index (χ2n) is 3.90. The van der Waals surface area contributed by atoms with Crippen LogP contribution in [0.25, 0.3) is 0 Å². The summed E-state index contributed by atoms with van der Waals surface area (Å²) in [5, 5.41) is -0.364. The van der Waals surface area contributed by atoms with Gasteiger partial charge < -0.3 is 0 Å². The molecule has 0 saturated heterocycles. The number of nitrogens with one attached hydrogen (secondary N) is 1. The Labute approximate surface area is 112 Å². The molecule has 0 radical (unpaired) electrons. The third-order valence-corrected chi connectivity index (χ3v) is 4.66. The molecule has 0 saturated carbocycles.